The predicted octanol–water partition coefficient (Wildman–Crippen LogP) is 2.48. The van der Waals surface area contributed by atoms with Gasteiger partial charge in [-0.05, 0) is 29.3 Å². The van der Waals surface area contributed by atoms with Crippen LogP contribution < -0.4 is 4.90 Å². The Bertz CT molecular complexity index is 801. The molecule has 2 saturated heterocycles. The molecule has 4 aliphatic rings. The first-order valence-corrected chi connectivity index (χ1v) is 7.61. The smallest absolute Gasteiger partial charge is 0.229 e. The number of carbonyl (C=O) groups excluding carboxylic acids is 1. The average molecular weight is 304 g/mol. The third-order valence-corrected chi connectivity index (χ3v) is 4.45. The summed E-state index contributed by atoms with van der Waals surface area (Å²) in [7, 11) is 0. The van der Waals surface area contributed by atoms with E-state index in [-0.39, 0.29) is 11.3 Å². The number of terminal acetylenes is 1. The van der Waals surface area contributed by atoms with Crippen molar-refractivity contribution in [2.45, 2.75) is 6.42 Å². The van der Waals surface area contributed by atoms with Crippen LogP contribution in [0.5, 0.6) is 0 Å². The quantitative estimate of drug-likeness (QED) is 0.649. The highest BCUT2D eigenvalue weighted by molar-refractivity contribution is 5.96. The molecule has 0 saturated carbocycles. The fraction of sp³-hybridized carbons (Fsp3) is 0.263. The van der Waals surface area contributed by atoms with Gasteiger partial charge >= 0.3 is 0 Å². The Morgan fingerprint density at radius 1 is 1.22 bits per heavy atom. The van der Waals surface area contributed by atoms with E-state index in [1.54, 1.807) is 23.2 Å². The number of fused-ring (bicyclic) bond motifs is 1. The van der Waals surface area contributed by atoms with Gasteiger partial charge in [0, 0.05) is 24.6 Å². The van der Waals surface area contributed by atoms with Crippen LogP contribution in [-0.4, -0.2) is 30.6 Å². The number of anilines is 1. The van der Waals surface area contributed by atoms with Crippen LogP contribution in [0.1, 0.15) is 12.0 Å². The van der Waals surface area contributed by atoms with Crippen LogP contribution in [0.2, 0.25) is 0 Å². The minimum atomic E-state index is 0.000470. The molecule has 5 rings (SSSR count). The maximum Gasteiger partial charge on any atom is 0.229 e. The molecule has 4 nitrogen and oxygen atoms in total. The Balaban J connectivity index is 0.000000186. The van der Waals surface area contributed by atoms with Crippen molar-refractivity contribution < 1.29 is 9.53 Å². The van der Waals surface area contributed by atoms with Crippen LogP contribution in [0.25, 0.3) is 11.1 Å². The van der Waals surface area contributed by atoms with E-state index in [1.165, 1.54) is 11.1 Å². The molecule has 114 valence electrons. The molecule has 0 bridgehead atoms. The third-order valence-electron chi connectivity index (χ3n) is 4.45. The summed E-state index contributed by atoms with van der Waals surface area (Å²) in [6.45, 7) is 1.98. The number of hydrogen-bond acceptors (Lipinski definition) is 3. The summed E-state index contributed by atoms with van der Waals surface area (Å²) in [6, 6.07) is 12.1. The molecule has 2 fully saturated rings. The van der Waals surface area contributed by atoms with Crippen molar-refractivity contribution >= 4 is 11.7 Å². The molecule has 1 spiro atoms. The molecule has 1 aromatic rings. The molecule has 0 N–H and O–H groups in total. The first kappa shape index (κ1) is 14.0. The van der Waals surface area contributed by atoms with Gasteiger partial charge in [-0.2, -0.15) is 0 Å². The van der Waals surface area contributed by atoms with Crippen molar-refractivity contribution in [1.29, 1.82) is 0 Å². The number of nitrogens with zero attached hydrogens (tertiary/aromatic N) is 2. The van der Waals surface area contributed by atoms with Crippen LogP contribution in [0, 0.1) is 17.8 Å². The lowest BCUT2D eigenvalue weighted by molar-refractivity contribution is -0.126. The topological polar surface area (TPSA) is 42.4 Å². The summed E-state index contributed by atoms with van der Waals surface area (Å²) in [4.78, 5) is 17.9. The summed E-state index contributed by atoms with van der Waals surface area (Å²) in [5.74, 6) is 3.26. The Kier molecular flexibility index (Phi) is 3.17. The summed E-state index contributed by atoms with van der Waals surface area (Å²) in [5.41, 5.74) is 3.52. The largest absolute Gasteiger partial charge is 0.380 e. The van der Waals surface area contributed by atoms with Gasteiger partial charge in [-0.3, -0.25) is 9.69 Å². The molecule has 3 heterocycles. The van der Waals surface area contributed by atoms with Gasteiger partial charge in [0.1, 0.15) is 0 Å². The van der Waals surface area contributed by atoms with Crippen molar-refractivity contribution in [2.75, 3.05) is 24.7 Å². The van der Waals surface area contributed by atoms with Gasteiger partial charge in [0.05, 0.1) is 18.8 Å². The van der Waals surface area contributed by atoms with Gasteiger partial charge in [0.25, 0.3) is 0 Å². The number of aromatic nitrogens is 1. The molecule has 4 heteroatoms. The van der Waals surface area contributed by atoms with Gasteiger partial charge in [-0.1, -0.05) is 24.1 Å². The van der Waals surface area contributed by atoms with Gasteiger partial charge in [-0.25, -0.2) is 4.98 Å². The second kappa shape index (κ2) is 5.22. The highest BCUT2D eigenvalue weighted by Gasteiger charge is 2.49. The van der Waals surface area contributed by atoms with E-state index >= 15 is 0 Å². The summed E-state index contributed by atoms with van der Waals surface area (Å²) in [5, 5.41) is 0. The molecule has 1 amide bonds. The second-order valence-corrected chi connectivity index (χ2v) is 6.25. The van der Waals surface area contributed by atoms with Crippen molar-refractivity contribution in [3.63, 3.8) is 0 Å². The Labute approximate surface area is 135 Å². The molecule has 2 aliphatic carbocycles. The van der Waals surface area contributed by atoms with E-state index in [0.29, 0.717) is 37.6 Å². The van der Waals surface area contributed by atoms with Crippen molar-refractivity contribution in [3.05, 3.63) is 48.2 Å². The Morgan fingerprint density at radius 3 is 2.48 bits per heavy atom. The summed E-state index contributed by atoms with van der Waals surface area (Å²) in [6.07, 6.45) is 7.62. The molecular weight excluding hydrogens is 288 g/mol. The number of amides is 1. The maximum absolute atomic E-state index is 12.0. The van der Waals surface area contributed by atoms with E-state index in [1.807, 2.05) is 0 Å². The fourth-order valence-electron chi connectivity index (χ4n) is 3.07. The molecule has 0 atom stereocenters. The third kappa shape index (κ3) is 2.49. The SMILES string of the molecule is C#Cc1cccnc1N1CC2(COC2)CC1=O.c1cc2cc-2c1. The van der Waals surface area contributed by atoms with Gasteiger partial charge in [0.15, 0.2) is 5.82 Å². The monoisotopic (exact) mass is 304 g/mol. The number of pyridine rings is 1. The molecule has 2 aliphatic heterocycles. The number of rotatable bonds is 1. The molecule has 0 radical (unpaired) electrons. The molecule has 1 aromatic heterocycles. The minimum absolute atomic E-state index is 0.000470. The normalized spacial score (nSPS) is 18.7. The summed E-state index contributed by atoms with van der Waals surface area (Å²) < 4.78 is 5.21. The molecule has 0 unspecified atom stereocenters. The minimum Gasteiger partial charge on any atom is -0.380 e. The first-order valence-electron chi connectivity index (χ1n) is 7.61. The van der Waals surface area contributed by atoms with E-state index in [4.69, 9.17) is 11.2 Å². The highest BCUT2D eigenvalue weighted by Crippen LogP contribution is 2.40. The zero-order valence-corrected chi connectivity index (χ0v) is 12.7. The van der Waals surface area contributed by atoms with Crippen LogP contribution in [0.15, 0.2) is 42.6 Å². The van der Waals surface area contributed by atoms with Crippen LogP contribution >= 0.6 is 0 Å². The lowest BCUT2D eigenvalue weighted by atomic mass is 9.85. The zero-order chi connectivity index (χ0) is 15.9. The van der Waals surface area contributed by atoms with Crippen molar-refractivity contribution in [1.82, 2.24) is 4.98 Å². The van der Waals surface area contributed by atoms with Crippen LogP contribution in [0.4, 0.5) is 5.82 Å². The van der Waals surface area contributed by atoms with Gasteiger partial charge in [-0.15, -0.1) is 6.42 Å². The van der Waals surface area contributed by atoms with Crippen LogP contribution in [-0.2, 0) is 9.53 Å². The van der Waals surface area contributed by atoms with Gasteiger partial charge < -0.3 is 4.74 Å². The van der Waals surface area contributed by atoms with E-state index < -0.39 is 0 Å². The molecule has 23 heavy (non-hydrogen) atoms. The molecular formula is C19H16N2O2. The van der Waals surface area contributed by atoms with E-state index in [0.717, 1.165) is 0 Å². The average Bonchev–Trinajstić information content (AvgIpc) is 2.98. The first-order chi connectivity index (χ1) is 11.2. The number of carbonyl (C=O) groups is 1. The van der Waals surface area contributed by atoms with E-state index in [2.05, 4.69) is 35.2 Å². The van der Waals surface area contributed by atoms with E-state index in [9.17, 15) is 4.79 Å². The number of benzene rings is 1. The van der Waals surface area contributed by atoms with Crippen molar-refractivity contribution in [3.8, 4) is 23.5 Å². The lowest BCUT2D eigenvalue weighted by Crippen LogP contribution is -2.44. The Hall–Kier alpha value is -2.64. The second-order valence-electron chi connectivity index (χ2n) is 6.25. The predicted molar refractivity (Wildman–Crippen MR) is 87.8 cm³/mol. The van der Waals surface area contributed by atoms with Gasteiger partial charge in [0.2, 0.25) is 5.91 Å². The standard InChI is InChI=1S/C13H12N2O2.C6H4/c1-2-10-4-3-5-14-12(10)15-7-13(6-11(15)16)8-17-9-13;1-2-5-4-6(5)3-1/h1,3-5H,6-9H2;1-4H. The number of ether oxygens (including phenoxy) is 1. The fourth-order valence-corrected chi connectivity index (χ4v) is 3.07. The maximum atomic E-state index is 12.0. The van der Waals surface area contributed by atoms with Crippen molar-refractivity contribution in [2.24, 2.45) is 5.41 Å². The Morgan fingerprint density at radius 2 is 2.00 bits per heavy atom. The zero-order valence-electron chi connectivity index (χ0n) is 12.7. The molecule has 0 aromatic carbocycles. The summed E-state index contributed by atoms with van der Waals surface area (Å²) >= 11 is 0. The number of hydrogen-bond donors (Lipinski definition) is 0. The highest BCUT2D eigenvalue weighted by atomic mass is 16.5. The van der Waals surface area contributed by atoms with Crippen LogP contribution in [0.3, 0.4) is 0 Å². The lowest BCUT2D eigenvalue weighted by Gasteiger charge is -2.36.